The fourth-order valence-electron chi connectivity index (χ4n) is 0.745. The predicted molar refractivity (Wildman–Crippen MR) is 57.7 cm³/mol. The minimum absolute atomic E-state index is 0.430. The fraction of sp³-hybridized carbons (Fsp3) is 0.750. The lowest BCUT2D eigenvalue weighted by Crippen LogP contribution is -2.22. The molecule has 1 unspecified atom stereocenters. The highest BCUT2D eigenvalue weighted by Gasteiger charge is 2.13. The molecule has 0 aliphatic heterocycles. The smallest absolute Gasteiger partial charge is 0.384 e. The monoisotopic (exact) mass is 196 g/mol. The third-order valence-electron chi connectivity index (χ3n) is 1.74. The molecule has 2 nitrogen and oxygen atoms in total. The average molecular weight is 196 g/mol. The lowest BCUT2D eigenvalue weighted by Gasteiger charge is -2.16. The van der Waals surface area contributed by atoms with Gasteiger partial charge in [0.15, 0.2) is 0 Å². The number of rotatable bonds is 2. The van der Waals surface area contributed by atoms with Gasteiger partial charge in [0.05, 0.1) is 0 Å². The van der Waals surface area contributed by atoms with E-state index in [4.69, 9.17) is 4.74 Å². The van der Waals surface area contributed by atoms with Gasteiger partial charge in [-0.1, -0.05) is 26.2 Å². The van der Waals surface area contributed by atoms with E-state index in [1.807, 2.05) is 20.8 Å². The van der Waals surface area contributed by atoms with Crippen LogP contribution in [0.5, 0.6) is 0 Å². The molecule has 0 saturated carbocycles. The minimum atomic E-state index is -0.442. The van der Waals surface area contributed by atoms with E-state index in [1.165, 1.54) is 0 Å². The van der Waals surface area contributed by atoms with Crippen LogP contribution in [0.3, 0.4) is 0 Å². The summed E-state index contributed by atoms with van der Waals surface area (Å²) in [7, 11) is 0. The van der Waals surface area contributed by atoms with Crippen molar-refractivity contribution in [3.63, 3.8) is 0 Å². The molecule has 0 fully saturated rings. The normalized spacial score (nSPS) is 12.6. The Balaban J connectivity index is 3.94. The summed E-state index contributed by atoms with van der Waals surface area (Å²) in [5.74, 6) is 5.44. The maximum absolute atomic E-state index is 11.1. The Morgan fingerprint density at radius 1 is 1.43 bits per heavy atom. The van der Waals surface area contributed by atoms with Crippen molar-refractivity contribution >= 4 is 5.97 Å². The third kappa shape index (κ3) is 7.67. The molecular weight excluding hydrogens is 176 g/mol. The standard InChI is InChI=1S/C12H20O2/c1-6-10(2)8-7-9-11(13)14-12(3,4)5/h10H,6,8H2,1-5H3. The number of carbonyl (C=O) groups is 1. The van der Waals surface area contributed by atoms with E-state index in [0.29, 0.717) is 5.92 Å². The molecule has 0 aliphatic carbocycles. The van der Waals surface area contributed by atoms with Gasteiger partial charge in [-0.2, -0.15) is 0 Å². The van der Waals surface area contributed by atoms with E-state index in [0.717, 1.165) is 12.8 Å². The van der Waals surface area contributed by atoms with Crippen molar-refractivity contribution in [3.05, 3.63) is 0 Å². The molecule has 14 heavy (non-hydrogen) atoms. The summed E-state index contributed by atoms with van der Waals surface area (Å²) >= 11 is 0. The number of carbonyl (C=O) groups excluding carboxylic acids is 1. The molecule has 0 spiro atoms. The van der Waals surface area contributed by atoms with Gasteiger partial charge in [0, 0.05) is 12.3 Å². The molecule has 0 bridgehead atoms. The zero-order chi connectivity index (χ0) is 11.2. The molecule has 1 atom stereocenters. The molecule has 2 heteroatoms. The van der Waals surface area contributed by atoms with Crippen LogP contribution >= 0.6 is 0 Å². The number of hydrogen-bond donors (Lipinski definition) is 0. The topological polar surface area (TPSA) is 26.3 Å². The molecule has 0 aromatic rings. The Kier molecular flexibility index (Phi) is 5.30. The molecule has 0 radical (unpaired) electrons. The van der Waals surface area contributed by atoms with Crippen molar-refractivity contribution < 1.29 is 9.53 Å². The second-order valence-corrected chi connectivity index (χ2v) is 4.52. The van der Waals surface area contributed by atoms with Crippen LogP contribution in [0.1, 0.15) is 47.5 Å². The fourth-order valence-corrected chi connectivity index (χ4v) is 0.745. The summed E-state index contributed by atoms with van der Waals surface area (Å²) in [4.78, 5) is 11.1. The highest BCUT2D eigenvalue weighted by molar-refractivity contribution is 5.88. The van der Waals surface area contributed by atoms with Crippen LogP contribution in [0.2, 0.25) is 0 Å². The number of ether oxygens (including phenoxy) is 1. The summed E-state index contributed by atoms with van der Waals surface area (Å²) in [6, 6.07) is 0. The molecular formula is C12H20O2. The molecule has 0 rings (SSSR count). The van der Waals surface area contributed by atoms with Crippen LogP contribution in [-0.4, -0.2) is 11.6 Å². The zero-order valence-corrected chi connectivity index (χ0v) is 9.81. The minimum Gasteiger partial charge on any atom is -0.450 e. The first-order chi connectivity index (χ1) is 6.35. The second kappa shape index (κ2) is 5.70. The van der Waals surface area contributed by atoms with Crippen molar-refractivity contribution in [3.8, 4) is 11.8 Å². The number of hydrogen-bond acceptors (Lipinski definition) is 2. The van der Waals surface area contributed by atoms with Crippen LogP contribution in [0, 0.1) is 17.8 Å². The van der Waals surface area contributed by atoms with Gasteiger partial charge in [-0.25, -0.2) is 4.79 Å². The SMILES string of the molecule is CCC(C)CC#CC(=O)OC(C)(C)C. The quantitative estimate of drug-likeness (QED) is 0.385. The highest BCUT2D eigenvalue weighted by Crippen LogP contribution is 2.07. The first-order valence-electron chi connectivity index (χ1n) is 5.07. The van der Waals surface area contributed by atoms with Crippen molar-refractivity contribution in [2.75, 3.05) is 0 Å². The molecule has 0 aliphatic rings. The Morgan fingerprint density at radius 3 is 2.43 bits per heavy atom. The Hall–Kier alpha value is -0.970. The van der Waals surface area contributed by atoms with Gasteiger partial charge in [0.2, 0.25) is 0 Å². The zero-order valence-electron chi connectivity index (χ0n) is 9.81. The van der Waals surface area contributed by atoms with Crippen LogP contribution in [0.25, 0.3) is 0 Å². The van der Waals surface area contributed by atoms with Crippen LogP contribution in [0.4, 0.5) is 0 Å². The lowest BCUT2D eigenvalue weighted by molar-refractivity contribution is -0.147. The van der Waals surface area contributed by atoms with Gasteiger partial charge < -0.3 is 4.74 Å². The maximum Gasteiger partial charge on any atom is 0.384 e. The van der Waals surface area contributed by atoms with E-state index in [-0.39, 0.29) is 0 Å². The van der Waals surface area contributed by atoms with Gasteiger partial charge in [-0.15, -0.1) is 0 Å². The summed E-state index contributed by atoms with van der Waals surface area (Å²) in [5.41, 5.74) is -0.442. The largest absolute Gasteiger partial charge is 0.450 e. The second-order valence-electron chi connectivity index (χ2n) is 4.52. The molecule has 0 heterocycles. The first kappa shape index (κ1) is 13.0. The average Bonchev–Trinajstić information content (AvgIpc) is 2.00. The highest BCUT2D eigenvalue weighted by atomic mass is 16.6. The van der Waals surface area contributed by atoms with Gasteiger partial charge in [-0.05, 0) is 26.7 Å². The molecule has 0 aromatic heterocycles. The van der Waals surface area contributed by atoms with E-state index in [9.17, 15) is 4.79 Å². The maximum atomic E-state index is 11.1. The predicted octanol–water partition coefficient (Wildman–Crippen LogP) is 2.77. The summed E-state index contributed by atoms with van der Waals surface area (Å²) in [6.45, 7) is 9.73. The van der Waals surface area contributed by atoms with E-state index < -0.39 is 11.6 Å². The molecule has 80 valence electrons. The number of esters is 1. The summed E-state index contributed by atoms with van der Waals surface area (Å²) in [5, 5.41) is 0. The van der Waals surface area contributed by atoms with Crippen molar-refractivity contribution in [1.29, 1.82) is 0 Å². The van der Waals surface area contributed by atoms with Crippen molar-refractivity contribution in [1.82, 2.24) is 0 Å². The van der Waals surface area contributed by atoms with Crippen molar-refractivity contribution in [2.45, 2.75) is 53.1 Å². The Morgan fingerprint density at radius 2 is 2.00 bits per heavy atom. The molecule has 0 N–H and O–H groups in total. The van der Waals surface area contributed by atoms with E-state index in [1.54, 1.807) is 0 Å². The molecule has 0 saturated heterocycles. The summed E-state index contributed by atoms with van der Waals surface area (Å²) < 4.78 is 5.04. The van der Waals surface area contributed by atoms with E-state index >= 15 is 0 Å². The van der Waals surface area contributed by atoms with Gasteiger partial charge in [0.25, 0.3) is 0 Å². The lowest BCUT2D eigenvalue weighted by atomic mass is 10.1. The van der Waals surface area contributed by atoms with Crippen LogP contribution in [0.15, 0.2) is 0 Å². The van der Waals surface area contributed by atoms with Crippen molar-refractivity contribution in [2.24, 2.45) is 5.92 Å². The Labute approximate surface area is 87.0 Å². The van der Waals surface area contributed by atoms with Gasteiger partial charge in [0.1, 0.15) is 5.60 Å². The molecule has 0 aromatic carbocycles. The van der Waals surface area contributed by atoms with Crippen LogP contribution in [-0.2, 0) is 9.53 Å². The van der Waals surface area contributed by atoms with Crippen LogP contribution < -0.4 is 0 Å². The first-order valence-corrected chi connectivity index (χ1v) is 5.07. The molecule has 0 amide bonds. The third-order valence-corrected chi connectivity index (χ3v) is 1.74. The van der Waals surface area contributed by atoms with E-state index in [2.05, 4.69) is 25.7 Å². The Bertz CT molecular complexity index is 237. The summed E-state index contributed by atoms with van der Waals surface area (Å²) in [6.07, 6.45) is 1.85. The van der Waals surface area contributed by atoms with Gasteiger partial charge >= 0.3 is 5.97 Å². The van der Waals surface area contributed by atoms with Gasteiger partial charge in [-0.3, -0.25) is 0 Å².